The van der Waals surface area contributed by atoms with E-state index in [1.807, 2.05) is 0 Å². The van der Waals surface area contributed by atoms with E-state index in [-0.39, 0.29) is 22.8 Å². The van der Waals surface area contributed by atoms with Gasteiger partial charge in [-0.15, -0.1) is 0 Å². The van der Waals surface area contributed by atoms with Gasteiger partial charge >= 0.3 is 6.18 Å². The molecule has 2 aromatic rings. The summed E-state index contributed by atoms with van der Waals surface area (Å²) < 4.78 is 78.5. The first-order valence-corrected chi connectivity index (χ1v) is 9.59. The molecule has 0 aromatic heterocycles. The molecule has 0 saturated carbocycles. The lowest BCUT2D eigenvalue weighted by atomic mass is 10.00. The highest BCUT2D eigenvalue weighted by molar-refractivity contribution is 7.90. The van der Waals surface area contributed by atoms with Crippen LogP contribution < -0.4 is 14.2 Å². The molecule has 28 heavy (non-hydrogen) atoms. The van der Waals surface area contributed by atoms with Gasteiger partial charge in [0.25, 0.3) is 0 Å². The Bertz CT molecular complexity index is 1010. The number of hydrogen-bond acceptors (Lipinski definition) is 6. The van der Waals surface area contributed by atoms with Crippen molar-refractivity contribution in [1.29, 1.82) is 0 Å². The van der Waals surface area contributed by atoms with Crippen molar-refractivity contribution in [2.45, 2.75) is 11.1 Å². The molecule has 0 spiro atoms. The van der Waals surface area contributed by atoms with Crippen molar-refractivity contribution in [1.82, 2.24) is 0 Å². The fourth-order valence-electron chi connectivity index (χ4n) is 2.62. The summed E-state index contributed by atoms with van der Waals surface area (Å²) in [4.78, 5) is 12.3. The molecular formula is C18H17F3O6S. The van der Waals surface area contributed by atoms with Crippen LogP contribution in [0, 0.1) is 0 Å². The number of rotatable bonds is 6. The molecule has 0 amide bonds. The van der Waals surface area contributed by atoms with Crippen molar-refractivity contribution < 1.29 is 40.6 Å². The van der Waals surface area contributed by atoms with Gasteiger partial charge in [0.15, 0.2) is 27.1 Å². The SMILES string of the molecule is COc1ccc(C(=O)c2ccc(C(F)(F)F)cc2S(C)(=O)=O)c(OC)c1OC. The number of hydrogen-bond donors (Lipinski definition) is 0. The topological polar surface area (TPSA) is 78.9 Å². The normalized spacial score (nSPS) is 11.8. The number of ketones is 1. The molecule has 0 bridgehead atoms. The van der Waals surface area contributed by atoms with Gasteiger partial charge in [-0.1, -0.05) is 0 Å². The summed E-state index contributed by atoms with van der Waals surface area (Å²) in [5.74, 6) is -0.534. The van der Waals surface area contributed by atoms with Gasteiger partial charge < -0.3 is 14.2 Å². The minimum Gasteiger partial charge on any atom is -0.493 e. The third-order valence-electron chi connectivity index (χ3n) is 3.90. The quantitative estimate of drug-likeness (QED) is 0.670. The molecule has 0 aliphatic heterocycles. The molecule has 0 aliphatic carbocycles. The lowest BCUT2D eigenvalue weighted by Gasteiger charge is -2.16. The second-order valence-corrected chi connectivity index (χ2v) is 7.68. The van der Waals surface area contributed by atoms with Gasteiger partial charge in [0.05, 0.1) is 37.4 Å². The number of halogens is 3. The predicted molar refractivity (Wildman–Crippen MR) is 94.1 cm³/mol. The van der Waals surface area contributed by atoms with Crippen LogP contribution in [-0.2, 0) is 16.0 Å². The molecule has 6 nitrogen and oxygen atoms in total. The highest BCUT2D eigenvalue weighted by Gasteiger charge is 2.34. The Balaban J connectivity index is 2.74. The fraction of sp³-hybridized carbons (Fsp3) is 0.278. The summed E-state index contributed by atoms with van der Waals surface area (Å²) in [5, 5.41) is 0. The summed E-state index contributed by atoms with van der Waals surface area (Å²) in [6.07, 6.45) is -4.03. The average molecular weight is 418 g/mol. The Morgan fingerprint density at radius 2 is 1.46 bits per heavy atom. The average Bonchev–Trinajstić information content (AvgIpc) is 2.64. The second kappa shape index (κ2) is 7.70. The number of sulfone groups is 1. The fourth-order valence-corrected chi connectivity index (χ4v) is 3.52. The van der Waals surface area contributed by atoms with Crippen LogP contribution in [0.4, 0.5) is 13.2 Å². The van der Waals surface area contributed by atoms with Gasteiger partial charge in [-0.05, 0) is 30.3 Å². The van der Waals surface area contributed by atoms with Crippen LogP contribution in [0.15, 0.2) is 35.2 Å². The highest BCUT2D eigenvalue weighted by atomic mass is 32.2. The third kappa shape index (κ3) is 4.06. The Kier molecular flexibility index (Phi) is 5.93. The van der Waals surface area contributed by atoms with E-state index < -0.39 is 37.8 Å². The largest absolute Gasteiger partial charge is 0.493 e. The van der Waals surface area contributed by atoms with E-state index in [0.29, 0.717) is 12.1 Å². The van der Waals surface area contributed by atoms with Crippen LogP contribution in [0.3, 0.4) is 0 Å². The summed E-state index contributed by atoms with van der Waals surface area (Å²) in [5.41, 5.74) is -1.69. The van der Waals surface area contributed by atoms with Crippen LogP contribution in [0.25, 0.3) is 0 Å². The zero-order valence-electron chi connectivity index (χ0n) is 15.4. The standard InChI is InChI=1S/C18H17F3O6S/c1-25-13-8-7-12(16(26-2)17(13)27-3)15(22)11-6-5-10(18(19,20)21)9-14(11)28(4,23)24/h5-9H,1-4H3. The lowest BCUT2D eigenvalue weighted by Crippen LogP contribution is -2.14. The van der Waals surface area contributed by atoms with E-state index in [9.17, 15) is 26.4 Å². The zero-order chi connectivity index (χ0) is 21.3. The van der Waals surface area contributed by atoms with Crippen molar-refractivity contribution in [2.75, 3.05) is 27.6 Å². The summed E-state index contributed by atoms with van der Waals surface area (Å²) in [7, 11) is -0.187. The smallest absolute Gasteiger partial charge is 0.416 e. The van der Waals surface area contributed by atoms with Crippen molar-refractivity contribution in [3.8, 4) is 17.2 Å². The van der Waals surface area contributed by atoms with Gasteiger partial charge in [0.1, 0.15) is 0 Å². The molecule has 0 atom stereocenters. The number of ether oxygens (including phenoxy) is 3. The van der Waals surface area contributed by atoms with Crippen LogP contribution in [0.5, 0.6) is 17.2 Å². The maximum absolute atomic E-state index is 13.0. The first-order chi connectivity index (χ1) is 13.0. The van der Waals surface area contributed by atoms with Crippen LogP contribution in [0.2, 0.25) is 0 Å². The monoisotopic (exact) mass is 418 g/mol. The lowest BCUT2D eigenvalue weighted by molar-refractivity contribution is -0.137. The molecule has 10 heteroatoms. The number of carbonyl (C=O) groups is 1. The Hall–Kier alpha value is -2.75. The molecule has 152 valence electrons. The maximum Gasteiger partial charge on any atom is 0.416 e. The van der Waals surface area contributed by atoms with Gasteiger partial charge in [-0.2, -0.15) is 13.2 Å². The summed E-state index contributed by atoms with van der Waals surface area (Å²) in [6.45, 7) is 0. The van der Waals surface area contributed by atoms with Crippen molar-refractivity contribution in [3.63, 3.8) is 0 Å². The number of methoxy groups -OCH3 is 3. The Labute approximate surface area is 159 Å². The first kappa shape index (κ1) is 21.5. The van der Waals surface area contributed by atoms with Gasteiger partial charge in [0.2, 0.25) is 5.75 Å². The van der Waals surface area contributed by atoms with Gasteiger partial charge in [0, 0.05) is 11.8 Å². The van der Waals surface area contributed by atoms with Crippen LogP contribution in [-0.4, -0.2) is 41.8 Å². The molecule has 0 fully saturated rings. The van der Waals surface area contributed by atoms with E-state index in [4.69, 9.17) is 14.2 Å². The molecule has 2 aromatic carbocycles. The van der Waals surface area contributed by atoms with E-state index in [1.165, 1.54) is 33.5 Å². The highest BCUT2D eigenvalue weighted by Crippen LogP contribution is 2.41. The number of benzene rings is 2. The van der Waals surface area contributed by atoms with Crippen LogP contribution in [0.1, 0.15) is 21.5 Å². The zero-order valence-corrected chi connectivity index (χ0v) is 16.2. The molecular weight excluding hydrogens is 401 g/mol. The van der Waals surface area contributed by atoms with Gasteiger partial charge in [-0.3, -0.25) is 4.79 Å². The van der Waals surface area contributed by atoms with E-state index in [1.54, 1.807) is 0 Å². The number of alkyl halides is 3. The predicted octanol–water partition coefficient (Wildman–Crippen LogP) is 3.37. The van der Waals surface area contributed by atoms with E-state index in [0.717, 1.165) is 12.3 Å². The summed E-state index contributed by atoms with van der Waals surface area (Å²) in [6, 6.07) is 4.63. The second-order valence-electron chi connectivity index (χ2n) is 5.69. The molecule has 0 N–H and O–H groups in total. The number of carbonyl (C=O) groups excluding carboxylic acids is 1. The minimum atomic E-state index is -4.76. The Morgan fingerprint density at radius 3 is 1.93 bits per heavy atom. The summed E-state index contributed by atoms with van der Waals surface area (Å²) >= 11 is 0. The molecule has 2 rings (SSSR count). The Morgan fingerprint density at radius 1 is 0.893 bits per heavy atom. The van der Waals surface area contributed by atoms with Crippen LogP contribution >= 0.6 is 0 Å². The minimum absolute atomic E-state index is 0.0359. The molecule has 0 aliphatic rings. The van der Waals surface area contributed by atoms with Crippen molar-refractivity contribution in [3.05, 3.63) is 47.0 Å². The van der Waals surface area contributed by atoms with E-state index in [2.05, 4.69) is 0 Å². The van der Waals surface area contributed by atoms with Crippen molar-refractivity contribution >= 4 is 15.6 Å². The van der Waals surface area contributed by atoms with Gasteiger partial charge in [-0.25, -0.2) is 8.42 Å². The molecule has 0 saturated heterocycles. The molecule has 0 heterocycles. The maximum atomic E-state index is 13.0. The van der Waals surface area contributed by atoms with E-state index >= 15 is 0 Å². The third-order valence-corrected chi connectivity index (χ3v) is 5.04. The molecule has 0 radical (unpaired) electrons. The van der Waals surface area contributed by atoms with Crippen molar-refractivity contribution in [2.24, 2.45) is 0 Å². The molecule has 0 unspecified atom stereocenters. The first-order valence-electron chi connectivity index (χ1n) is 7.70.